The molecule has 0 saturated carbocycles. The van der Waals surface area contributed by atoms with Crippen LogP contribution in [0.25, 0.3) is 21.8 Å². The van der Waals surface area contributed by atoms with Crippen LogP contribution >= 0.6 is 0 Å². The Kier molecular flexibility index (Phi) is 1.68. The Hall–Kier alpha value is -1.96. The first-order chi connectivity index (χ1) is 7.36. The standard InChI is InChI=1S/C13H10N2/c1-9-6-7-14-13-11-5-3-2-4-10(11)8-15-12(9)13/h2-8H,1H3. The molecular formula is C13H10N2. The highest BCUT2D eigenvalue weighted by Gasteiger charge is 2.03. The number of pyridine rings is 2. The van der Waals surface area contributed by atoms with E-state index in [4.69, 9.17) is 0 Å². The second-order valence-corrected chi connectivity index (χ2v) is 3.67. The number of hydrogen-bond acceptors (Lipinski definition) is 2. The molecule has 3 aromatic rings. The Morgan fingerprint density at radius 1 is 0.933 bits per heavy atom. The minimum absolute atomic E-state index is 0.994. The average molecular weight is 194 g/mol. The van der Waals surface area contributed by atoms with E-state index in [1.165, 1.54) is 10.9 Å². The van der Waals surface area contributed by atoms with Crippen LogP contribution in [-0.2, 0) is 0 Å². The van der Waals surface area contributed by atoms with Crippen LogP contribution in [0, 0.1) is 6.92 Å². The van der Waals surface area contributed by atoms with Gasteiger partial charge in [0.15, 0.2) is 0 Å². The fourth-order valence-electron chi connectivity index (χ4n) is 1.87. The maximum atomic E-state index is 4.45. The molecule has 0 spiro atoms. The van der Waals surface area contributed by atoms with Crippen molar-refractivity contribution in [1.82, 2.24) is 9.97 Å². The van der Waals surface area contributed by atoms with Crippen LogP contribution in [0.4, 0.5) is 0 Å². The summed E-state index contributed by atoms with van der Waals surface area (Å²) in [5.41, 5.74) is 3.16. The van der Waals surface area contributed by atoms with E-state index in [2.05, 4.69) is 29.0 Å². The van der Waals surface area contributed by atoms with Crippen LogP contribution in [0.2, 0.25) is 0 Å². The quantitative estimate of drug-likeness (QED) is 0.514. The number of benzene rings is 1. The first-order valence-corrected chi connectivity index (χ1v) is 4.95. The summed E-state index contributed by atoms with van der Waals surface area (Å²) in [6, 6.07) is 10.2. The van der Waals surface area contributed by atoms with Crippen LogP contribution in [0.3, 0.4) is 0 Å². The molecule has 3 rings (SSSR count). The largest absolute Gasteiger partial charge is 0.254 e. The van der Waals surface area contributed by atoms with E-state index >= 15 is 0 Å². The molecule has 2 heterocycles. The molecule has 0 atom stereocenters. The Labute approximate surface area is 87.6 Å². The maximum absolute atomic E-state index is 4.45. The fraction of sp³-hybridized carbons (Fsp3) is 0.0769. The lowest BCUT2D eigenvalue weighted by atomic mass is 10.1. The summed E-state index contributed by atoms with van der Waals surface area (Å²) in [6.45, 7) is 2.06. The fourth-order valence-corrected chi connectivity index (χ4v) is 1.87. The predicted molar refractivity (Wildman–Crippen MR) is 61.8 cm³/mol. The zero-order valence-electron chi connectivity index (χ0n) is 8.44. The van der Waals surface area contributed by atoms with Gasteiger partial charge in [0.05, 0.1) is 11.0 Å². The van der Waals surface area contributed by atoms with Gasteiger partial charge in [-0.25, -0.2) is 0 Å². The normalized spacial score (nSPS) is 11.0. The van der Waals surface area contributed by atoms with Gasteiger partial charge in [-0.1, -0.05) is 24.3 Å². The van der Waals surface area contributed by atoms with Crippen LogP contribution < -0.4 is 0 Å². The highest BCUT2D eigenvalue weighted by atomic mass is 14.7. The molecule has 2 nitrogen and oxygen atoms in total. The zero-order chi connectivity index (χ0) is 10.3. The van der Waals surface area contributed by atoms with Crippen LogP contribution in [-0.4, -0.2) is 9.97 Å². The van der Waals surface area contributed by atoms with Crippen molar-refractivity contribution in [3.8, 4) is 0 Å². The average Bonchev–Trinajstić information content (AvgIpc) is 2.29. The molecule has 1 aromatic carbocycles. The maximum Gasteiger partial charge on any atom is 0.0967 e. The van der Waals surface area contributed by atoms with E-state index in [9.17, 15) is 0 Å². The summed E-state index contributed by atoms with van der Waals surface area (Å²) >= 11 is 0. The van der Waals surface area contributed by atoms with Gasteiger partial charge in [0.2, 0.25) is 0 Å². The number of rotatable bonds is 0. The molecule has 0 saturated heterocycles. The van der Waals surface area contributed by atoms with Crippen LogP contribution in [0.15, 0.2) is 42.7 Å². The Balaban J connectivity index is 2.60. The van der Waals surface area contributed by atoms with Crippen molar-refractivity contribution in [3.63, 3.8) is 0 Å². The molecule has 0 fully saturated rings. The second-order valence-electron chi connectivity index (χ2n) is 3.67. The summed E-state index contributed by atoms with van der Waals surface area (Å²) in [7, 11) is 0. The number of hydrogen-bond donors (Lipinski definition) is 0. The molecule has 2 heteroatoms. The number of nitrogens with zero attached hydrogens (tertiary/aromatic N) is 2. The van der Waals surface area contributed by atoms with Gasteiger partial charge in [-0.3, -0.25) is 9.97 Å². The Bertz CT molecular complexity index is 644. The summed E-state index contributed by atoms with van der Waals surface area (Å²) in [4.78, 5) is 8.85. The number of aromatic nitrogens is 2. The molecule has 0 aliphatic carbocycles. The van der Waals surface area contributed by atoms with Gasteiger partial charge in [0.1, 0.15) is 0 Å². The third-order valence-corrected chi connectivity index (χ3v) is 2.67. The molecule has 0 N–H and O–H groups in total. The Morgan fingerprint density at radius 3 is 2.73 bits per heavy atom. The van der Waals surface area contributed by atoms with E-state index < -0.39 is 0 Å². The van der Waals surface area contributed by atoms with Crippen LogP contribution in [0.1, 0.15) is 5.56 Å². The lowest BCUT2D eigenvalue weighted by Crippen LogP contribution is -1.87. The van der Waals surface area contributed by atoms with Gasteiger partial charge in [-0.05, 0) is 18.6 Å². The molecule has 0 bridgehead atoms. The minimum atomic E-state index is 0.994. The van der Waals surface area contributed by atoms with Crippen molar-refractivity contribution in [1.29, 1.82) is 0 Å². The monoisotopic (exact) mass is 194 g/mol. The van der Waals surface area contributed by atoms with Crippen molar-refractivity contribution < 1.29 is 0 Å². The molecular weight excluding hydrogens is 184 g/mol. The molecule has 15 heavy (non-hydrogen) atoms. The van der Waals surface area contributed by atoms with Crippen molar-refractivity contribution in [2.24, 2.45) is 0 Å². The van der Waals surface area contributed by atoms with Crippen molar-refractivity contribution >= 4 is 21.8 Å². The summed E-state index contributed by atoms with van der Waals surface area (Å²) in [5.74, 6) is 0. The molecule has 2 aromatic heterocycles. The van der Waals surface area contributed by atoms with Crippen molar-refractivity contribution in [2.75, 3.05) is 0 Å². The van der Waals surface area contributed by atoms with Crippen LogP contribution in [0.5, 0.6) is 0 Å². The number of aryl methyl sites for hydroxylation is 1. The Morgan fingerprint density at radius 2 is 1.80 bits per heavy atom. The van der Waals surface area contributed by atoms with Gasteiger partial charge in [0, 0.05) is 23.2 Å². The SMILES string of the molecule is Cc1ccnc2c1ncc1ccccc12. The molecule has 0 amide bonds. The van der Waals surface area contributed by atoms with E-state index in [0.29, 0.717) is 0 Å². The summed E-state index contributed by atoms with van der Waals surface area (Å²) in [5, 5.41) is 2.31. The lowest BCUT2D eigenvalue weighted by molar-refractivity contribution is 1.32. The smallest absolute Gasteiger partial charge is 0.0967 e. The summed E-state index contributed by atoms with van der Waals surface area (Å²) in [6.07, 6.45) is 3.75. The van der Waals surface area contributed by atoms with Gasteiger partial charge in [-0.15, -0.1) is 0 Å². The van der Waals surface area contributed by atoms with Gasteiger partial charge >= 0.3 is 0 Å². The third-order valence-electron chi connectivity index (χ3n) is 2.67. The summed E-state index contributed by atoms with van der Waals surface area (Å²) < 4.78 is 0. The molecule has 0 aliphatic rings. The van der Waals surface area contributed by atoms with E-state index in [0.717, 1.165) is 16.4 Å². The highest BCUT2D eigenvalue weighted by Crippen LogP contribution is 2.22. The van der Waals surface area contributed by atoms with E-state index in [1.54, 1.807) is 0 Å². The molecule has 0 radical (unpaired) electrons. The zero-order valence-corrected chi connectivity index (χ0v) is 8.44. The van der Waals surface area contributed by atoms with E-state index in [-0.39, 0.29) is 0 Å². The first kappa shape index (κ1) is 8.36. The van der Waals surface area contributed by atoms with Crippen molar-refractivity contribution in [2.45, 2.75) is 6.92 Å². The minimum Gasteiger partial charge on any atom is -0.254 e. The lowest BCUT2D eigenvalue weighted by Gasteiger charge is -2.03. The first-order valence-electron chi connectivity index (χ1n) is 4.95. The predicted octanol–water partition coefficient (Wildman–Crippen LogP) is 3.09. The topological polar surface area (TPSA) is 25.8 Å². The highest BCUT2D eigenvalue weighted by molar-refractivity contribution is 6.03. The third kappa shape index (κ3) is 1.18. The van der Waals surface area contributed by atoms with Gasteiger partial charge in [-0.2, -0.15) is 0 Å². The molecule has 0 aliphatic heterocycles. The van der Waals surface area contributed by atoms with Gasteiger partial charge < -0.3 is 0 Å². The second kappa shape index (κ2) is 3.02. The number of fused-ring (bicyclic) bond motifs is 3. The molecule has 0 unspecified atom stereocenters. The van der Waals surface area contributed by atoms with Crippen molar-refractivity contribution in [3.05, 3.63) is 48.3 Å². The van der Waals surface area contributed by atoms with E-state index in [1.807, 2.05) is 30.6 Å². The molecule has 72 valence electrons. The van der Waals surface area contributed by atoms with Gasteiger partial charge in [0.25, 0.3) is 0 Å².